The van der Waals surface area contributed by atoms with Gasteiger partial charge in [-0.15, -0.1) is 15.3 Å². The van der Waals surface area contributed by atoms with Gasteiger partial charge in [0.1, 0.15) is 35.1 Å². The second kappa shape index (κ2) is 5.57. The summed E-state index contributed by atoms with van der Waals surface area (Å²) in [5.41, 5.74) is 3.56. The Balaban J connectivity index is 1.89. The van der Waals surface area contributed by atoms with Gasteiger partial charge in [-0.25, -0.2) is 0 Å². The predicted octanol–water partition coefficient (Wildman–Crippen LogP) is 2.19. The van der Waals surface area contributed by atoms with E-state index in [1.165, 1.54) is 12.0 Å². The van der Waals surface area contributed by atoms with Crippen molar-refractivity contribution >= 4 is 33.4 Å². The fourth-order valence-electron chi connectivity index (χ4n) is 2.38. The maximum Gasteiger partial charge on any atom is 0.162 e. The van der Waals surface area contributed by atoms with Gasteiger partial charge in [0.25, 0.3) is 0 Å². The van der Waals surface area contributed by atoms with Crippen LogP contribution in [0.25, 0.3) is 22.1 Å². The van der Waals surface area contributed by atoms with Gasteiger partial charge in [0.15, 0.2) is 11.2 Å². The molecule has 0 bridgehead atoms. The lowest BCUT2D eigenvalue weighted by Gasteiger charge is -2.06. The molecule has 4 rings (SSSR count). The summed E-state index contributed by atoms with van der Waals surface area (Å²) in [5, 5.41) is 27.2. The molecular formula is C14H12N8O2. The van der Waals surface area contributed by atoms with E-state index in [0.717, 1.165) is 0 Å². The molecule has 0 fully saturated rings. The first kappa shape index (κ1) is 14.1. The Morgan fingerprint density at radius 1 is 1.04 bits per heavy atom. The highest BCUT2D eigenvalue weighted by Gasteiger charge is 2.16. The maximum absolute atomic E-state index is 5.37. The van der Waals surface area contributed by atoms with Crippen molar-refractivity contribution in [2.24, 2.45) is 10.2 Å². The topological polar surface area (TPSA) is 115 Å². The number of benzene rings is 2. The number of rotatable bonds is 4. The minimum Gasteiger partial charge on any atom is -0.494 e. The lowest BCUT2D eigenvalue weighted by atomic mass is 10.2. The maximum atomic E-state index is 5.37. The normalized spacial score (nSPS) is 11.6. The largest absolute Gasteiger partial charge is 0.494 e. The number of azo groups is 1. The number of aromatic amines is 1. The first-order valence-electron chi connectivity index (χ1n) is 7.00. The molecule has 10 heteroatoms. The summed E-state index contributed by atoms with van der Waals surface area (Å²) in [5.74, 6) is 0.527. The fraction of sp³-hybridized carbons (Fsp3) is 0.143. The van der Waals surface area contributed by atoms with E-state index in [4.69, 9.17) is 9.57 Å². The Morgan fingerprint density at radius 2 is 1.96 bits per heavy atom. The molecule has 0 amide bonds. The third kappa shape index (κ3) is 2.12. The first-order valence-corrected chi connectivity index (χ1v) is 7.00. The third-order valence-corrected chi connectivity index (χ3v) is 3.49. The van der Waals surface area contributed by atoms with Gasteiger partial charge in [-0.3, -0.25) is 0 Å². The van der Waals surface area contributed by atoms with Crippen molar-refractivity contribution < 1.29 is 9.57 Å². The van der Waals surface area contributed by atoms with Crippen molar-refractivity contribution in [2.45, 2.75) is 0 Å². The molecule has 2 heterocycles. The highest BCUT2D eigenvalue weighted by molar-refractivity contribution is 5.90. The lowest BCUT2D eigenvalue weighted by Crippen LogP contribution is -2.07. The van der Waals surface area contributed by atoms with Crippen LogP contribution in [0.1, 0.15) is 0 Å². The van der Waals surface area contributed by atoms with E-state index in [2.05, 4.69) is 36.0 Å². The van der Waals surface area contributed by atoms with E-state index < -0.39 is 0 Å². The van der Waals surface area contributed by atoms with Crippen molar-refractivity contribution in [1.82, 2.24) is 30.6 Å². The van der Waals surface area contributed by atoms with Crippen LogP contribution in [-0.2, 0) is 0 Å². The van der Waals surface area contributed by atoms with Crippen LogP contribution in [0.4, 0.5) is 11.4 Å². The first-order chi connectivity index (χ1) is 11.8. The summed E-state index contributed by atoms with van der Waals surface area (Å²) >= 11 is 0. The van der Waals surface area contributed by atoms with Crippen LogP contribution in [0.2, 0.25) is 0 Å². The average Bonchev–Trinajstić information content (AvgIpc) is 3.26. The van der Waals surface area contributed by atoms with Crippen molar-refractivity contribution in [3.05, 3.63) is 30.3 Å². The molecular weight excluding hydrogens is 312 g/mol. The number of methoxy groups -OCH3 is 1. The van der Waals surface area contributed by atoms with Crippen LogP contribution < -0.4 is 9.57 Å². The standard InChI is InChI=1S/C14H12N8O2/c1-23-11-7-6-10-14(22(24-2)21-17-10)13(11)18-15-8-4-3-5-9-12(8)19-20-16-9/h3-7H,1-2H3,(H,16,19,20). The van der Waals surface area contributed by atoms with E-state index in [1.54, 1.807) is 25.3 Å². The summed E-state index contributed by atoms with van der Waals surface area (Å²) in [4.78, 5) is 6.44. The van der Waals surface area contributed by atoms with Crippen LogP contribution in [0.3, 0.4) is 0 Å². The number of fused-ring (bicyclic) bond motifs is 2. The van der Waals surface area contributed by atoms with Crippen LogP contribution in [-0.4, -0.2) is 44.8 Å². The minimum absolute atomic E-state index is 0.461. The number of H-pyrrole nitrogens is 1. The van der Waals surface area contributed by atoms with E-state index in [0.29, 0.717) is 39.2 Å². The number of hydrogen-bond acceptors (Lipinski definition) is 8. The molecule has 120 valence electrons. The number of nitrogens with zero attached hydrogens (tertiary/aromatic N) is 7. The van der Waals surface area contributed by atoms with E-state index in [9.17, 15) is 0 Å². The minimum atomic E-state index is 0.461. The number of ether oxygens (including phenoxy) is 1. The second-order valence-electron chi connectivity index (χ2n) is 4.80. The fourth-order valence-corrected chi connectivity index (χ4v) is 2.38. The SMILES string of the molecule is COc1ccc2nnn(OC)c2c1N=Nc1cccc2n[nH]nc12. The van der Waals surface area contributed by atoms with Gasteiger partial charge in [0.2, 0.25) is 0 Å². The highest BCUT2D eigenvalue weighted by atomic mass is 16.7. The zero-order valence-corrected chi connectivity index (χ0v) is 12.8. The van der Waals surface area contributed by atoms with Crippen LogP contribution in [0, 0.1) is 0 Å². The number of hydrogen-bond donors (Lipinski definition) is 1. The van der Waals surface area contributed by atoms with Crippen molar-refractivity contribution in [1.29, 1.82) is 0 Å². The molecule has 4 aromatic rings. The molecule has 0 saturated carbocycles. The molecule has 0 unspecified atom stereocenters. The molecule has 2 aromatic carbocycles. The molecule has 0 spiro atoms. The van der Waals surface area contributed by atoms with Gasteiger partial charge in [-0.2, -0.15) is 15.4 Å². The van der Waals surface area contributed by atoms with Gasteiger partial charge < -0.3 is 9.57 Å². The van der Waals surface area contributed by atoms with Gasteiger partial charge in [-0.1, -0.05) is 10.9 Å². The van der Waals surface area contributed by atoms with E-state index in [1.807, 2.05) is 12.1 Å². The van der Waals surface area contributed by atoms with Crippen molar-refractivity contribution in [3.63, 3.8) is 0 Å². The molecule has 2 aromatic heterocycles. The lowest BCUT2D eigenvalue weighted by molar-refractivity contribution is 0.139. The zero-order chi connectivity index (χ0) is 16.5. The van der Waals surface area contributed by atoms with Crippen molar-refractivity contribution in [3.8, 4) is 5.75 Å². The molecule has 0 aliphatic heterocycles. The average molecular weight is 324 g/mol. The second-order valence-corrected chi connectivity index (χ2v) is 4.80. The smallest absolute Gasteiger partial charge is 0.162 e. The Kier molecular flexibility index (Phi) is 3.26. The predicted molar refractivity (Wildman–Crippen MR) is 84.6 cm³/mol. The monoisotopic (exact) mass is 324 g/mol. The zero-order valence-electron chi connectivity index (χ0n) is 12.8. The molecule has 10 nitrogen and oxygen atoms in total. The van der Waals surface area contributed by atoms with Gasteiger partial charge in [-0.05, 0) is 29.5 Å². The molecule has 0 atom stereocenters. The Labute approximate surface area is 135 Å². The van der Waals surface area contributed by atoms with Crippen LogP contribution in [0.15, 0.2) is 40.6 Å². The highest BCUT2D eigenvalue weighted by Crippen LogP contribution is 2.36. The van der Waals surface area contributed by atoms with Crippen LogP contribution in [0.5, 0.6) is 5.75 Å². The Hall–Kier alpha value is -3.56. The Bertz CT molecular complexity index is 1050. The summed E-state index contributed by atoms with van der Waals surface area (Å²) in [6.45, 7) is 0. The third-order valence-electron chi connectivity index (χ3n) is 3.49. The van der Waals surface area contributed by atoms with Gasteiger partial charge in [0.05, 0.1) is 7.11 Å². The summed E-state index contributed by atoms with van der Waals surface area (Å²) in [6, 6.07) is 8.99. The molecule has 0 aliphatic carbocycles. The molecule has 1 N–H and O–H groups in total. The van der Waals surface area contributed by atoms with Crippen LogP contribution >= 0.6 is 0 Å². The number of aromatic nitrogens is 6. The number of para-hydroxylation sites is 1. The quantitative estimate of drug-likeness (QED) is 0.575. The Morgan fingerprint density at radius 3 is 2.79 bits per heavy atom. The van der Waals surface area contributed by atoms with Gasteiger partial charge in [0, 0.05) is 0 Å². The summed E-state index contributed by atoms with van der Waals surface area (Å²) in [7, 11) is 3.05. The van der Waals surface area contributed by atoms with Crippen molar-refractivity contribution in [2.75, 3.05) is 14.2 Å². The molecule has 0 aliphatic rings. The van der Waals surface area contributed by atoms with E-state index >= 15 is 0 Å². The number of nitrogens with one attached hydrogen (secondary N) is 1. The molecule has 0 radical (unpaired) electrons. The molecule has 24 heavy (non-hydrogen) atoms. The molecule has 0 saturated heterocycles. The van der Waals surface area contributed by atoms with Gasteiger partial charge >= 0.3 is 0 Å². The summed E-state index contributed by atoms with van der Waals surface area (Å²) < 4.78 is 5.37. The van der Waals surface area contributed by atoms with E-state index in [-0.39, 0.29) is 0 Å². The summed E-state index contributed by atoms with van der Waals surface area (Å²) in [6.07, 6.45) is 0.